The molecule has 2 rings (SSSR count). The summed E-state index contributed by atoms with van der Waals surface area (Å²) in [7, 11) is 1.73. The minimum absolute atomic E-state index is 0.251. The summed E-state index contributed by atoms with van der Waals surface area (Å²) in [5.74, 6) is 0.946. The highest BCUT2D eigenvalue weighted by atomic mass is 16.5. The SMILES string of the molecule is COc1ccc(C)cc1C(C)NCc1ccc(C)cc1C. The molecule has 21 heavy (non-hydrogen) atoms. The highest BCUT2D eigenvalue weighted by Crippen LogP contribution is 2.26. The lowest BCUT2D eigenvalue weighted by atomic mass is 10.0. The molecule has 0 fully saturated rings. The van der Waals surface area contributed by atoms with Gasteiger partial charge in [0, 0.05) is 18.2 Å². The van der Waals surface area contributed by atoms with Gasteiger partial charge < -0.3 is 10.1 Å². The lowest BCUT2D eigenvalue weighted by Crippen LogP contribution is -2.19. The van der Waals surface area contributed by atoms with Crippen LogP contribution in [0, 0.1) is 20.8 Å². The van der Waals surface area contributed by atoms with Crippen LogP contribution in [-0.2, 0) is 6.54 Å². The first-order chi connectivity index (χ1) is 10.0. The number of ether oxygens (including phenoxy) is 1. The van der Waals surface area contributed by atoms with Gasteiger partial charge in [0.25, 0.3) is 0 Å². The van der Waals surface area contributed by atoms with Gasteiger partial charge in [-0.25, -0.2) is 0 Å². The zero-order chi connectivity index (χ0) is 15.4. The van der Waals surface area contributed by atoms with Gasteiger partial charge in [0.2, 0.25) is 0 Å². The predicted molar refractivity (Wildman–Crippen MR) is 88.9 cm³/mol. The molecule has 2 aromatic carbocycles. The standard InChI is InChI=1S/C19H25NO/c1-13-6-8-17(15(3)10-13)12-20-16(4)18-11-14(2)7-9-19(18)21-5/h6-11,16,20H,12H2,1-5H3. The normalized spacial score (nSPS) is 12.2. The van der Waals surface area contributed by atoms with Crippen molar-refractivity contribution >= 4 is 0 Å². The number of hydrogen-bond donors (Lipinski definition) is 1. The first-order valence-corrected chi connectivity index (χ1v) is 7.45. The van der Waals surface area contributed by atoms with Crippen molar-refractivity contribution in [2.75, 3.05) is 7.11 Å². The summed E-state index contributed by atoms with van der Waals surface area (Å²) in [5, 5.41) is 3.60. The highest BCUT2D eigenvalue weighted by Gasteiger charge is 2.11. The van der Waals surface area contributed by atoms with E-state index in [1.807, 2.05) is 6.07 Å². The molecule has 0 bridgehead atoms. The Hall–Kier alpha value is -1.80. The molecule has 0 saturated carbocycles. The minimum atomic E-state index is 0.251. The number of benzene rings is 2. The fourth-order valence-corrected chi connectivity index (χ4v) is 2.61. The molecule has 112 valence electrons. The molecular formula is C19H25NO. The van der Waals surface area contributed by atoms with Crippen LogP contribution >= 0.6 is 0 Å². The Morgan fingerprint density at radius 2 is 1.67 bits per heavy atom. The van der Waals surface area contributed by atoms with Crippen molar-refractivity contribution in [1.82, 2.24) is 5.32 Å². The molecule has 0 aliphatic carbocycles. The van der Waals surface area contributed by atoms with E-state index in [0.29, 0.717) is 0 Å². The molecule has 0 aliphatic rings. The van der Waals surface area contributed by atoms with Crippen molar-refractivity contribution in [2.45, 2.75) is 40.3 Å². The maximum absolute atomic E-state index is 5.47. The molecule has 1 N–H and O–H groups in total. The molecular weight excluding hydrogens is 258 g/mol. The van der Waals surface area contributed by atoms with E-state index in [1.165, 1.54) is 27.8 Å². The van der Waals surface area contributed by atoms with Crippen molar-refractivity contribution in [1.29, 1.82) is 0 Å². The molecule has 2 heteroatoms. The van der Waals surface area contributed by atoms with E-state index in [-0.39, 0.29) is 6.04 Å². The highest BCUT2D eigenvalue weighted by molar-refractivity contribution is 5.39. The Balaban J connectivity index is 2.11. The number of hydrogen-bond acceptors (Lipinski definition) is 2. The second-order valence-electron chi connectivity index (χ2n) is 5.78. The Morgan fingerprint density at radius 1 is 1.00 bits per heavy atom. The van der Waals surface area contributed by atoms with Crippen LogP contribution in [0.4, 0.5) is 0 Å². The zero-order valence-corrected chi connectivity index (χ0v) is 13.7. The van der Waals surface area contributed by atoms with E-state index in [4.69, 9.17) is 4.74 Å². The maximum atomic E-state index is 5.47. The van der Waals surface area contributed by atoms with E-state index < -0.39 is 0 Å². The third-order valence-electron chi connectivity index (χ3n) is 3.95. The van der Waals surface area contributed by atoms with Crippen LogP contribution in [0.25, 0.3) is 0 Å². The number of nitrogens with one attached hydrogen (secondary N) is 1. The third kappa shape index (κ3) is 3.85. The summed E-state index contributed by atoms with van der Waals surface area (Å²) < 4.78 is 5.47. The van der Waals surface area contributed by atoms with E-state index in [9.17, 15) is 0 Å². The molecule has 0 aromatic heterocycles. The van der Waals surface area contributed by atoms with Gasteiger partial charge in [0.15, 0.2) is 0 Å². The van der Waals surface area contributed by atoms with E-state index >= 15 is 0 Å². The summed E-state index contributed by atoms with van der Waals surface area (Å²) in [6.45, 7) is 9.46. The fourth-order valence-electron chi connectivity index (χ4n) is 2.61. The van der Waals surface area contributed by atoms with Crippen LogP contribution in [-0.4, -0.2) is 7.11 Å². The molecule has 1 unspecified atom stereocenters. The smallest absolute Gasteiger partial charge is 0.123 e. The topological polar surface area (TPSA) is 21.3 Å². The average molecular weight is 283 g/mol. The Kier molecular flexibility index (Phi) is 5.03. The van der Waals surface area contributed by atoms with Gasteiger partial charge in [-0.1, -0.05) is 41.5 Å². The second kappa shape index (κ2) is 6.77. The Labute approximate surface area is 128 Å². The van der Waals surface area contributed by atoms with Crippen LogP contribution in [0.1, 0.15) is 40.8 Å². The first kappa shape index (κ1) is 15.6. The van der Waals surface area contributed by atoms with Gasteiger partial charge >= 0.3 is 0 Å². The van der Waals surface area contributed by atoms with E-state index in [1.54, 1.807) is 7.11 Å². The van der Waals surface area contributed by atoms with Crippen LogP contribution in [0.15, 0.2) is 36.4 Å². The molecule has 0 radical (unpaired) electrons. The molecule has 0 heterocycles. The number of rotatable bonds is 5. The molecule has 0 saturated heterocycles. The van der Waals surface area contributed by atoms with Crippen LogP contribution < -0.4 is 10.1 Å². The number of aryl methyl sites for hydroxylation is 3. The molecule has 0 spiro atoms. The molecule has 2 nitrogen and oxygen atoms in total. The van der Waals surface area contributed by atoms with Gasteiger partial charge in [-0.05, 0) is 44.9 Å². The van der Waals surface area contributed by atoms with Crippen molar-refractivity contribution in [3.8, 4) is 5.75 Å². The fraction of sp³-hybridized carbons (Fsp3) is 0.368. The van der Waals surface area contributed by atoms with Crippen molar-refractivity contribution in [3.05, 3.63) is 64.2 Å². The second-order valence-corrected chi connectivity index (χ2v) is 5.78. The largest absolute Gasteiger partial charge is 0.496 e. The van der Waals surface area contributed by atoms with Crippen LogP contribution in [0.5, 0.6) is 5.75 Å². The Morgan fingerprint density at radius 3 is 2.33 bits per heavy atom. The van der Waals surface area contributed by atoms with E-state index in [2.05, 4.69) is 63.3 Å². The van der Waals surface area contributed by atoms with Crippen molar-refractivity contribution in [3.63, 3.8) is 0 Å². The third-order valence-corrected chi connectivity index (χ3v) is 3.95. The quantitative estimate of drug-likeness (QED) is 0.874. The molecule has 0 aliphatic heterocycles. The first-order valence-electron chi connectivity index (χ1n) is 7.45. The lowest BCUT2D eigenvalue weighted by Gasteiger charge is -2.19. The predicted octanol–water partition coefficient (Wildman–Crippen LogP) is 4.47. The lowest BCUT2D eigenvalue weighted by molar-refractivity contribution is 0.401. The van der Waals surface area contributed by atoms with Gasteiger partial charge in [-0.3, -0.25) is 0 Å². The maximum Gasteiger partial charge on any atom is 0.123 e. The monoisotopic (exact) mass is 283 g/mol. The van der Waals surface area contributed by atoms with Gasteiger partial charge in [-0.15, -0.1) is 0 Å². The van der Waals surface area contributed by atoms with Gasteiger partial charge in [0.05, 0.1) is 7.11 Å². The van der Waals surface area contributed by atoms with Crippen molar-refractivity contribution in [2.24, 2.45) is 0 Å². The Bertz CT molecular complexity index is 619. The summed E-state index contributed by atoms with van der Waals surface area (Å²) in [6, 6.07) is 13.2. The van der Waals surface area contributed by atoms with Crippen LogP contribution in [0.3, 0.4) is 0 Å². The van der Waals surface area contributed by atoms with Gasteiger partial charge in [0.1, 0.15) is 5.75 Å². The van der Waals surface area contributed by atoms with E-state index in [0.717, 1.165) is 12.3 Å². The molecule has 0 amide bonds. The molecule has 2 aromatic rings. The summed E-state index contributed by atoms with van der Waals surface area (Å²) in [6.07, 6.45) is 0. The van der Waals surface area contributed by atoms with Gasteiger partial charge in [-0.2, -0.15) is 0 Å². The summed E-state index contributed by atoms with van der Waals surface area (Å²) in [4.78, 5) is 0. The summed E-state index contributed by atoms with van der Waals surface area (Å²) in [5.41, 5.74) is 6.46. The minimum Gasteiger partial charge on any atom is -0.496 e. The average Bonchev–Trinajstić information content (AvgIpc) is 2.46. The number of methoxy groups -OCH3 is 1. The summed E-state index contributed by atoms with van der Waals surface area (Å²) >= 11 is 0. The molecule has 1 atom stereocenters. The zero-order valence-electron chi connectivity index (χ0n) is 13.7. The van der Waals surface area contributed by atoms with Crippen molar-refractivity contribution < 1.29 is 4.74 Å². The van der Waals surface area contributed by atoms with Crippen LogP contribution in [0.2, 0.25) is 0 Å².